The Bertz CT molecular complexity index is 483. The van der Waals surface area contributed by atoms with Gasteiger partial charge in [0.1, 0.15) is 4.21 Å². The summed E-state index contributed by atoms with van der Waals surface area (Å²) < 4.78 is 27.0. The summed E-state index contributed by atoms with van der Waals surface area (Å²) in [6.07, 6.45) is 2.81. The van der Waals surface area contributed by atoms with Crippen LogP contribution in [-0.4, -0.2) is 30.6 Å². The van der Waals surface area contributed by atoms with Gasteiger partial charge in [0.15, 0.2) is 0 Å². The predicted molar refractivity (Wildman–Crippen MR) is 74.4 cm³/mol. The smallest absolute Gasteiger partial charge is 0.206 e. The molecule has 1 aromatic heterocycles. The Hall–Kier alpha value is 0.0900. The van der Waals surface area contributed by atoms with Crippen molar-refractivity contribution >= 4 is 37.3 Å². The molecule has 0 bridgehead atoms. The summed E-state index contributed by atoms with van der Waals surface area (Å²) in [7, 11) is -3.27. The van der Waals surface area contributed by atoms with E-state index < -0.39 is 10.0 Å². The van der Waals surface area contributed by atoms with Crippen LogP contribution in [0, 0.1) is 0 Å². The molecule has 6 heteroatoms. The van der Waals surface area contributed by atoms with Gasteiger partial charge in [-0.05, 0) is 31.4 Å². The number of aryl methyl sites for hydroxylation is 1. The number of thiophene rings is 1. The van der Waals surface area contributed by atoms with Crippen molar-refractivity contribution in [2.75, 3.05) is 11.9 Å². The lowest BCUT2D eigenvalue weighted by Gasteiger charge is -2.21. The maximum absolute atomic E-state index is 12.4. The summed E-state index contributed by atoms with van der Waals surface area (Å²) in [5.74, 6) is 0. The van der Waals surface area contributed by atoms with Crippen LogP contribution in [-0.2, 0) is 16.4 Å². The maximum atomic E-state index is 12.4. The Morgan fingerprint density at radius 2 is 2.29 bits per heavy atom. The van der Waals surface area contributed by atoms with Crippen LogP contribution < -0.4 is 0 Å². The quantitative estimate of drug-likeness (QED) is 0.792. The van der Waals surface area contributed by atoms with Gasteiger partial charge in [-0.1, -0.05) is 22.9 Å². The third kappa shape index (κ3) is 2.59. The molecular weight excluding hydrogens is 322 g/mol. The van der Waals surface area contributed by atoms with Crippen molar-refractivity contribution in [3.63, 3.8) is 0 Å². The summed E-state index contributed by atoms with van der Waals surface area (Å²) in [5, 5.41) is 0.720. The van der Waals surface area contributed by atoms with Crippen LogP contribution in [0.1, 0.15) is 24.6 Å². The van der Waals surface area contributed by atoms with Gasteiger partial charge in [-0.25, -0.2) is 8.42 Å². The standard InChI is InChI=1S/C11H16BrNO2S2/c1-2-10-5-6-11(16-10)17(14,15)13-7-3-4-9(13)8-12/h5-6,9H,2-4,7-8H2,1H3. The van der Waals surface area contributed by atoms with E-state index in [0.717, 1.165) is 29.5 Å². The van der Waals surface area contributed by atoms with E-state index in [1.54, 1.807) is 10.4 Å². The van der Waals surface area contributed by atoms with E-state index in [9.17, 15) is 8.42 Å². The molecule has 0 aromatic carbocycles. The predicted octanol–water partition coefficient (Wildman–Crippen LogP) is 2.86. The first-order chi connectivity index (χ1) is 8.09. The second kappa shape index (κ2) is 5.38. The molecule has 1 atom stereocenters. The molecule has 0 saturated carbocycles. The summed E-state index contributed by atoms with van der Waals surface area (Å²) in [4.78, 5) is 1.12. The van der Waals surface area contributed by atoms with E-state index in [2.05, 4.69) is 15.9 Å². The van der Waals surface area contributed by atoms with Crippen molar-refractivity contribution in [1.29, 1.82) is 0 Å². The summed E-state index contributed by atoms with van der Waals surface area (Å²) in [5.41, 5.74) is 0. The van der Waals surface area contributed by atoms with Crippen molar-refractivity contribution in [1.82, 2.24) is 4.31 Å². The van der Waals surface area contributed by atoms with Gasteiger partial charge in [0.05, 0.1) is 0 Å². The van der Waals surface area contributed by atoms with Gasteiger partial charge >= 0.3 is 0 Å². The molecule has 2 rings (SSSR count). The van der Waals surface area contributed by atoms with Gasteiger partial charge in [0.2, 0.25) is 0 Å². The Morgan fingerprint density at radius 3 is 2.88 bits per heavy atom. The van der Waals surface area contributed by atoms with E-state index in [1.807, 2.05) is 13.0 Å². The number of nitrogens with zero attached hydrogens (tertiary/aromatic N) is 1. The fourth-order valence-electron chi connectivity index (χ4n) is 2.08. The van der Waals surface area contributed by atoms with Gasteiger partial charge in [0, 0.05) is 22.8 Å². The Labute approximate surface area is 115 Å². The van der Waals surface area contributed by atoms with Gasteiger partial charge in [-0.2, -0.15) is 4.31 Å². The van der Waals surface area contributed by atoms with Crippen LogP contribution in [0.2, 0.25) is 0 Å². The molecule has 1 fully saturated rings. The monoisotopic (exact) mass is 337 g/mol. The second-order valence-corrected chi connectivity index (χ2v) is 8.07. The molecule has 2 heterocycles. The van der Waals surface area contributed by atoms with Crippen LogP contribution in [0.4, 0.5) is 0 Å². The van der Waals surface area contributed by atoms with Crippen LogP contribution in [0.3, 0.4) is 0 Å². The molecule has 1 aliphatic heterocycles. The van der Waals surface area contributed by atoms with Crippen molar-refractivity contribution in [3.8, 4) is 0 Å². The first-order valence-corrected chi connectivity index (χ1v) is 9.14. The van der Waals surface area contributed by atoms with Crippen molar-refractivity contribution in [2.45, 2.75) is 36.4 Å². The van der Waals surface area contributed by atoms with E-state index in [1.165, 1.54) is 11.3 Å². The number of halogens is 1. The van der Waals surface area contributed by atoms with Crippen molar-refractivity contribution < 1.29 is 8.42 Å². The average molecular weight is 338 g/mol. The number of alkyl halides is 1. The highest BCUT2D eigenvalue weighted by atomic mass is 79.9. The SMILES string of the molecule is CCc1ccc(S(=O)(=O)N2CCCC2CBr)s1. The van der Waals surface area contributed by atoms with E-state index in [4.69, 9.17) is 0 Å². The lowest BCUT2D eigenvalue weighted by atomic mass is 10.3. The highest BCUT2D eigenvalue weighted by molar-refractivity contribution is 9.09. The van der Waals surface area contributed by atoms with Gasteiger partial charge in [0.25, 0.3) is 10.0 Å². The fourth-order valence-corrected chi connectivity index (χ4v) is 6.06. The lowest BCUT2D eigenvalue weighted by molar-refractivity contribution is 0.415. The average Bonchev–Trinajstić information content (AvgIpc) is 2.97. The molecule has 0 amide bonds. The third-order valence-corrected chi connectivity index (χ3v) is 7.45. The normalized spacial score (nSPS) is 22.1. The minimum atomic E-state index is -3.27. The topological polar surface area (TPSA) is 37.4 Å². The second-order valence-electron chi connectivity index (χ2n) is 4.14. The maximum Gasteiger partial charge on any atom is 0.252 e. The molecule has 3 nitrogen and oxygen atoms in total. The molecule has 96 valence electrons. The number of rotatable bonds is 4. The van der Waals surface area contributed by atoms with Gasteiger partial charge in [-0.15, -0.1) is 11.3 Å². The highest BCUT2D eigenvalue weighted by Gasteiger charge is 2.35. The molecule has 1 unspecified atom stereocenters. The van der Waals surface area contributed by atoms with Gasteiger partial charge < -0.3 is 0 Å². The third-order valence-electron chi connectivity index (χ3n) is 3.05. The minimum Gasteiger partial charge on any atom is -0.206 e. The minimum absolute atomic E-state index is 0.118. The number of hydrogen-bond acceptors (Lipinski definition) is 3. The van der Waals surface area contributed by atoms with Crippen molar-refractivity contribution in [2.24, 2.45) is 0 Å². The van der Waals surface area contributed by atoms with Crippen LogP contribution >= 0.6 is 27.3 Å². The highest BCUT2D eigenvalue weighted by Crippen LogP contribution is 2.30. The van der Waals surface area contributed by atoms with E-state index in [0.29, 0.717) is 10.8 Å². The van der Waals surface area contributed by atoms with E-state index in [-0.39, 0.29) is 6.04 Å². The molecular formula is C11H16BrNO2S2. The Balaban J connectivity index is 2.29. The first kappa shape index (κ1) is 13.5. The Morgan fingerprint density at radius 1 is 1.53 bits per heavy atom. The fraction of sp³-hybridized carbons (Fsp3) is 0.636. The zero-order valence-corrected chi connectivity index (χ0v) is 12.9. The molecule has 0 spiro atoms. The summed E-state index contributed by atoms with van der Waals surface area (Å²) in [6.45, 7) is 2.69. The van der Waals surface area contributed by atoms with Crippen molar-refractivity contribution in [3.05, 3.63) is 17.0 Å². The summed E-state index contributed by atoms with van der Waals surface area (Å²) >= 11 is 4.79. The lowest BCUT2D eigenvalue weighted by Crippen LogP contribution is -2.36. The first-order valence-electron chi connectivity index (χ1n) is 5.76. The summed E-state index contributed by atoms with van der Waals surface area (Å²) in [6, 6.07) is 3.77. The van der Waals surface area contributed by atoms with Crippen LogP contribution in [0.5, 0.6) is 0 Å². The molecule has 0 aliphatic carbocycles. The molecule has 1 aliphatic rings. The van der Waals surface area contributed by atoms with Crippen LogP contribution in [0.25, 0.3) is 0 Å². The van der Waals surface area contributed by atoms with E-state index >= 15 is 0 Å². The number of sulfonamides is 1. The Kier molecular flexibility index (Phi) is 4.28. The van der Waals surface area contributed by atoms with Crippen LogP contribution in [0.15, 0.2) is 16.3 Å². The van der Waals surface area contributed by atoms with Gasteiger partial charge in [-0.3, -0.25) is 0 Å². The molecule has 1 aromatic rings. The number of hydrogen-bond donors (Lipinski definition) is 0. The zero-order valence-electron chi connectivity index (χ0n) is 9.73. The molecule has 0 radical (unpaired) electrons. The molecule has 1 saturated heterocycles. The molecule has 0 N–H and O–H groups in total. The zero-order chi connectivity index (χ0) is 12.5. The largest absolute Gasteiger partial charge is 0.252 e. The molecule has 17 heavy (non-hydrogen) atoms.